The van der Waals surface area contributed by atoms with Gasteiger partial charge in [0, 0.05) is 215 Å². The number of halogens is 4. The first kappa shape index (κ1) is 77.6. The van der Waals surface area contributed by atoms with Gasteiger partial charge in [-0.25, -0.2) is 8.78 Å². The van der Waals surface area contributed by atoms with Gasteiger partial charge < -0.3 is 37.9 Å². The predicted molar refractivity (Wildman–Crippen MR) is 471 cm³/mol. The maximum absolute atomic E-state index is 14.3. The van der Waals surface area contributed by atoms with Gasteiger partial charge in [0.05, 0.1) is 44.8 Å². The zero-order valence-electron chi connectivity index (χ0n) is 67.0. The van der Waals surface area contributed by atoms with Crippen molar-refractivity contribution in [3.05, 3.63) is 351 Å². The first-order valence-electron chi connectivity index (χ1n) is 39.6. The summed E-state index contributed by atoms with van der Waals surface area (Å²) in [5.41, 5.74) is 26.4. The molecule has 0 spiro atoms. The highest BCUT2D eigenvalue weighted by Crippen LogP contribution is 2.37. The van der Waals surface area contributed by atoms with E-state index < -0.39 is 5.82 Å². The third-order valence-corrected chi connectivity index (χ3v) is 24.6. The molecule has 8 aromatic carbocycles. The number of nitrogens with zero attached hydrogens (tertiary/aromatic N) is 12. The van der Waals surface area contributed by atoms with Gasteiger partial charge in [-0.05, 0) is 212 Å². The standard InChI is InChI=1S/C25H25N3O.C24H21ClFN3O.C24H22ClN3O.C24H22FN3O/c1-17-4-6-18(7-5-17)19-10-13-28(25(29)14-19)20-8-9-21-22-16-26(2)12-11-23(22)27(3)24(21)15-20;1-27-9-8-22-20(14-27)19-6-4-17(13-23(19)28(22)2)29-10-7-15(11-24(29)30)18-5-3-16(25)12-21(18)26;2*1-26-11-10-22-21(15-26)20-8-7-19(14-23(20)27(22)2)28-12-9-17(13-24(28)29)16-3-5-18(25)6-4-16/h4-10,13-15H,11-12,16H2,1-3H3;3-7,10-13H,8-9,14H2,1-2H3;2*3-9,12-14H,10-11,15H2,1-2H3. The van der Waals surface area contributed by atoms with E-state index in [4.69, 9.17) is 23.2 Å². The molecule has 0 radical (unpaired) electrons. The van der Waals surface area contributed by atoms with Crippen molar-refractivity contribution in [3.63, 3.8) is 0 Å². The van der Waals surface area contributed by atoms with Gasteiger partial charge in [-0.1, -0.05) is 102 Å². The van der Waals surface area contributed by atoms with Gasteiger partial charge in [0.15, 0.2) is 0 Å². The summed E-state index contributed by atoms with van der Waals surface area (Å²) in [5, 5.41) is 6.08. The molecule has 4 aliphatic heterocycles. The maximum atomic E-state index is 14.3. The van der Waals surface area contributed by atoms with Gasteiger partial charge >= 0.3 is 0 Å². The molecule has 16 nitrogen and oxygen atoms in total. The number of fused-ring (bicyclic) bond motifs is 12. The Bertz CT molecular complexity index is 6360. The number of likely N-dealkylation sites (N-methyl/N-ethyl adjacent to an activating group) is 4. The van der Waals surface area contributed by atoms with E-state index in [2.05, 4.69) is 180 Å². The zero-order valence-corrected chi connectivity index (χ0v) is 68.5. The summed E-state index contributed by atoms with van der Waals surface area (Å²) < 4.78 is 43.2. The fraction of sp³-hybridized carbons (Fsp3) is 0.216. The van der Waals surface area contributed by atoms with Crippen LogP contribution in [-0.4, -0.2) is 111 Å². The quantitative estimate of drug-likeness (QED) is 0.147. The van der Waals surface area contributed by atoms with Crippen molar-refractivity contribution >= 4 is 66.8 Å². The molecule has 4 aliphatic rings. The van der Waals surface area contributed by atoms with Crippen LogP contribution in [0.5, 0.6) is 0 Å². The van der Waals surface area contributed by atoms with Crippen molar-refractivity contribution in [2.45, 2.75) is 58.8 Å². The maximum Gasteiger partial charge on any atom is 0.255 e. The topological polar surface area (TPSA) is 121 Å². The van der Waals surface area contributed by atoms with E-state index in [-0.39, 0.29) is 28.1 Å². The Kier molecular flexibility index (Phi) is 21.1. The second kappa shape index (κ2) is 31.9. The molecule has 0 fully saturated rings. The summed E-state index contributed by atoms with van der Waals surface area (Å²) in [5.74, 6) is -0.729. The van der Waals surface area contributed by atoms with Crippen molar-refractivity contribution in [1.82, 2.24) is 56.1 Å². The minimum atomic E-state index is -0.444. The third kappa shape index (κ3) is 15.2. The first-order chi connectivity index (χ1) is 56.4. The van der Waals surface area contributed by atoms with E-state index in [1.165, 1.54) is 107 Å². The van der Waals surface area contributed by atoms with Crippen molar-refractivity contribution in [1.29, 1.82) is 0 Å². The van der Waals surface area contributed by atoms with Crippen molar-refractivity contribution in [3.8, 4) is 67.3 Å². The van der Waals surface area contributed by atoms with Gasteiger partial charge in [0.25, 0.3) is 22.2 Å². The van der Waals surface area contributed by atoms with Crippen molar-refractivity contribution in [2.75, 3.05) is 54.4 Å². The summed E-state index contributed by atoms with van der Waals surface area (Å²) in [6, 6.07) is 65.6. The van der Waals surface area contributed by atoms with Gasteiger partial charge in [-0.2, -0.15) is 0 Å². The molecule has 0 saturated carbocycles. The van der Waals surface area contributed by atoms with Crippen LogP contribution in [-0.2, 0) is 80.1 Å². The van der Waals surface area contributed by atoms with Crippen LogP contribution in [0.25, 0.3) is 111 Å². The molecule has 16 aromatic rings. The third-order valence-electron chi connectivity index (χ3n) is 24.1. The van der Waals surface area contributed by atoms with Gasteiger partial charge in [-0.3, -0.25) is 37.4 Å². The van der Waals surface area contributed by atoms with E-state index >= 15 is 0 Å². The highest BCUT2D eigenvalue weighted by Gasteiger charge is 2.27. The van der Waals surface area contributed by atoms with Crippen LogP contribution >= 0.6 is 23.2 Å². The lowest BCUT2D eigenvalue weighted by Gasteiger charge is -2.23. The second-order valence-corrected chi connectivity index (χ2v) is 32.6. The summed E-state index contributed by atoms with van der Waals surface area (Å²) in [6.45, 7) is 10.2. The average Bonchev–Trinajstić information content (AvgIpc) is 1.64. The first-order valence-corrected chi connectivity index (χ1v) is 40.3. The Morgan fingerprint density at radius 3 is 0.880 bits per heavy atom. The molecule has 0 N–H and O–H groups in total. The van der Waals surface area contributed by atoms with E-state index in [9.17, 15) is 28.0 Å². The van der Waals surface area contributed by atoms with Crippen molar-refractivity contribution in [2.24, 2.45) is 28.2 Å². The molecule has 8 aromatic heterocycles. The van der Waals surface area contributed by atoms with Crippen LogP contribution in [0.4, 0.5) is 8.78 Å². The number of rotatable bonds is 8. The normalized spacial score (nSPS) is 14.3. The van der Waals surface area contributed by atoms with Gasteiger partial charge in [0.2, 0.25) is 0 Å². The summed E-state index contributed by atoms with van der Waals surface area (Å²) >= 11 is 11.8. The molecule has 590 valence electrons. The van der Waals surface area contributed by atoms with Crippen LogP contribution < -0.4 is 22.2 Å². The molecule has 12 heterocycles. The van der Waals surface area contributed by atoms with E-state index in [0.29, 0.717) is 21.2 Å². The van der Waals surface area contributed by atoms with Gasteiger partial charge in [0.1, 0.15) is 11.6 Å². The number of pyridine rings is 4. The van der Waals surface area contributed by atoms with Crippen LogP contribution in [0.3, 0.4) is 0 Å². The molecule has 117 heavy (non-hydrogen) atoms. The monoisotopic (exact) mass is 1590 g/mol. The molecule has 0 saturated heterocycles. The predicted octanol–water partition coefficient (Wildman–Crippen LogP) is 17.8. The fourth-order valence-corrected chi connectivity index (χ4v) is 17.9. The number of hydrogen-bond acceptors (Lipinski definition) is 8. The van der Waals surface area contributed by atoms with Crippen LogP contribution in [0.1, 0.15) is 50.6 Å². The minimum absolute atomic E-state index is 0.0128. The highest BCUT2D eigenvalue weighted by molar-refractivity contribution is 6.31. The number of aromatic nitrogens is 8. The summed E-state index contributed by atoms with van der Waals surface area (Å²) in [4.78, 5) is 60.8. The Morgan fingerprint density at radius 2 is 0.573 bits per heavy atom. The van der Waals surface area contributed by atoms with Crippen LogP contribution in [0.15, 0.2) is 256 Å². The highest BCUT2D eigenvalue weighted by atomic mass is 35.5. The number of aryl methyl sites for hydroxylation is 5. The molecule has 0 unspecified atom stereocenters. The fourth-order valence-electron chi connectivity index (χ4n) is 17.6. The Hall–Kier alpha value is -12.0. The average molecular weight is 1600 g/mol. The minimum Gasteiger partial charge on any atom is -0.347 e. The molecular formula is C97H90Cl2F2N12O4. The Morgan fingerprint density at radius 1 is 0.291 bits per heavy atom. The molecule has 0 aliphatic carbocycles. The zero-order chi connectivity index (χ0) is 81.4. The number of benzene rings is 8. The number of hydrogen-bond donors (Lipinski definition) is 0. The summed E-state index contributed by atoms with van der Waals surface area (Å²) in [6.07, 6.45) is 11.4. The largest absolute Gasteiger partial charge is 0.347 e. The lowest BCUT2D eigenvalue weighted by Crippen LogP contribution is -2.26. The van der Waals surface area contributed by atoms with E-state index in [0.717, 1.165) is 145 Å². The molecule has 20 rings (SSSR count). The lowest BCUT2D eigenvalue weighted by molar-refractivity contribution is 0.310. The Labute approximate surface area is 686 Å². The van der Waals surface area contributed by atoms with Crippen LogP contribution in [0.2, 0.25) is 10.0 Å². The molecule has 0 bridgehead atoms. The molecule has 0 amide bonds. The van der Waals surface area contributed by atoms with E-state index in [1.54, 1.807) is 79.2 Å². The van der Waals surface area contributed by atoms with E-state index in [1.807, 2.05) is 73.1 Å². The summed E-state index contributed by atoms with van der Waals surface area (Å²) in [7, 11) is 17.1. The van der Waals surface area contributed by atoms with Gasteiger partial charge in [-0.15, -0.1) is 0 Å². The second-order valence-electron chi connectivity index (χ2n) is 31.7. The molecule has 20 heteroatoms. The molecular weight excluding hydrogens is 1510 g/mol. The smallest absolute Gasteiger partial charge is 0.255 e. The SMILES string of the molecule is CN1CCc2c(c3ccc(-n4ccc(-c5ccc(Cl)cc5)cc4=O)cc3n2C)C1.CN1CCc2c(c3ccc(-n4ccc(-c5ccc(Cl)cc5F)cc4=O)cc3n2C)C1.CN1CCc2c(c3ccc(-n4ccc(-c5ccc(F)cc5)cc4=O)cc3n2C)C1.Cc1ccc(-c2ccn(-c3ccc4c5c(n(C)c4c3)CCN(C)C5)c(=O)c2)cc1. The van der Waals surface area contributed by atoms with Crippen LogP contribution in [0, 0.1) is 18.6 Å². The molecule has 0 atom stereocenters. The lowest BCUT2D eigenvalue weighted by atomic mass is 10.0. The Balaban J connectivity index is 0.000000112. The van der Waals surface area contributed by atoms with Crippen molar-refractivity contribution < 1.29 is 8.78 Å².